The van der Waals surface area contributed by atoms with Gasteiger partial charge in [-0.15, -0.1) is 0 Å². The molecule has 6 aromatic heterocycles. The van der Waals surface area contributed by atoms with Crippen LogP contribution in [0.25, 0.3) is 34.9 Å². The van der Waals surface area contributed by atoms with Gasteiger partial charge in [0.2, 0.25) is 0 Å². The Hall–Kier alpha value is -5.50. The number of aromatic nitrogens is 12. The molecule has 6 aromatic rings. The van der Waals surface area contributed by atoms with Crippen molar-refractivity contribution in [2.45, 2.75) is 6.92 Å². The van der Waals surface area contributed by atoms with Gasteiger partial charge in [-0.2, -0.15) is 5.26 Å². The normalized spacial score (nSPS) is 12.6. The topological polar surface area (TPSA) is 178 Å². The summed E-state index contributed by atoms with van der Waals surface area (Å²) in [6, 6.07) is 12.3. The number of nitrogens with zero attached hydrogens (tertiary/aromatic N) is 13. The molecule has 0 aromatic carbocycles. The van der Waals surface area contributed by atoms with Crippen molar-refractivity contribution in [2.24, 2.45) is 0 Å². The van der Waals surface area contributed by atoms with Crippen molar-refractivity contribution in [3.8, 4) is 41.0 Å². The predicted octanol–water partition coefficient (Wildman–Crippen LogP) is 10.1. The molecule has 0 aliphatic heterocycles. The maximum atomic E-state index is 9.87. The maximum absolute atomic E-state index is 10.7. The Balaban J connectivity index is 0.000000648. The van der Waals surface area contributed by atoms with Crippen LogP contribution in [0.5, 0.6) is 0 Å². The van der Waals surface area contributed by atoms with Crippen molar-refractivity contribution in [1.29, 1.82) is 5.26 Å². The van der Waals surface area contributed by atoms with Crippen LogP contribution in [-0.4, -0.2) is 59.8 Å². The van der Waals surface area contributed by atoms with E-state index in [0.717, 1.165) is 0 Å². The van der Waals surface area contributed by atoms with Crippen LogP contribution in [0.15, 0.2) is 111 Å². The molecule has 0 aliphatic rings. The molecule has 0 spiro atoms. The van der Waals surface area contributed by atoms with Crippen LogP contribution in [0.2, 0.25) is 0 Å². The smallest absolute Gasteiger partial charge is 0.234 e. The van der Waals surface area contributed by atoms with Crippen molar-refractivity contribution in [3.05, 3.63) is 111 Å². The molecule has 0 bridgehead atoms. The molecule has 0 fully saturated rings. The van der Waals surface area contributed by atoms with E-state index in [0.29, 0.717) is 34.9 Å². The maximum Gasteiger partial charge on any atom is 2.00 e. The molecular formula is C26H21CoF12N13P2. The van der Waals surface area contributed by atoms with Crippen LogP contribution < -0.4 is 0 Å². The minimum atomic E-state index is -10.7. The van der Waals surface area contributed by atoms with Gasteiger partial charge in [0.05, 0.1) is 6.07 Å². The zero-order chi connectivity index (χ0) is 40.2. The average molecular weight is 864 g/mol. The number of halogens is 12. The third kappa shape index (κ3) is 32.4. The van der Waals surface area contributed by atoms with Gasteiger partial charge >= 0.3 is 82.8 Å². The molecule has 0 saturated heterocycles. The first kappa shape index (κ1) is 48.5. The first-order valence-corrected chi connectivity index (χ1v) is 17.3. The van der Waals surface area contributed by atoms with E-state index in [4.69, 9.17) is 5.26 Å². The third-order valence-electron chi connectivity index (χ3n) is 3.99. The number of hydrogen-bond donors (Lipinski definition) is 0. The molecule has 0 N–H and O–H groups in total. The molecule has 13 nitrogen and oxygen atoms in total. The van der Waals surface area contributed by atoms with Crippen LogP contribution in [0.4, 0.5) is 50.4 Å². The van der Waals surface area contributed by atoms with Crippen molar-refractivity contribution in [2.75, 3.05) is 0 Å². The summed E-state index contributed by atoms with van der Waals surface area (Å²) in [6.07, 6.45) is 20.0. The Morgan fingerprint density at radius 2 is 0.407 bits per heavy atom. The summed E-state index contributed by atoms with van der Waals surface area (Å²) < 4.78 is 118. The molecule has 293 valence electrons. The van der Waals surface area contributed by atoms with Gasteiger partial charge < -0.3 is 0 Å². The van der Waals surface area contributed by atoms with E-state index < -0.39 is 15.6 Å². The Morgan fingerprint density at radius 1 is 0.333 bits per heavy atom. The van der Waals surface area contributed by atoms with Gasteiger partial charge in [-0.05, 0) is 36.4 Å². The molecule has 0 unspecified atom stereocenters. The molecule has 0 saturated carbocycles. The molecule has 0 amide bonds. The molecule has 0 aliphatic carbocycles. The monoisotopic (exact) mass is 864 g/mol. The summed E-state index contributed by atoms with van der Waals surface area (Å²) in [4.78, 5) is 48.2. The van der Waals surface area contributed by atoms with Crippen LogP contribution in [0.1, 0.15) is 6.92 Å². The van der Waals surface area contributed by atoms with E-state index in [1.165, 1.54) is 6.92 Å². The first-order chi connectivity index (χ1) is 24.2. The van der Waals surface area contributed by atoms with Crippen LogP contribution in [0.3, 0.4) is 0 Å². The van der Waals surface area contributed by atoms with Crippen LogP contribution >= 0.6 is 15.6 Å². The summed E-state index contributed by atoms with van der Waals surface area (Å²) in [5.74, 6) is 3.32. The minimum Gasteiger partial charge on any atom is -0.234 e. The summed E-state index contributed by atoms with van der Waals surface area (Å²) in [5.41, 5.74) is 0. The van der Waals surface area contributed by atoms with E-state index >= 15 is 0 Å². The SMILES string of the molecule is CC#N.F[P-](F)(F)(F)(F)F.F[P-](F)(F)(F)(F)F.[Co+2].c1cnc(-c2ncccn2)nc1.c1cnc(-c2ncccn2)nc1.c1cnc(-c2ncccn2)nc1. The first-order valence-electron chi connectivity index (χ1n) is 13.3. The fourth-order valence-corrected chi connectivity index (χ4v) is 2.49. The van der Waals surface area contributed by atoms with Crippen LogP contribution in [-0.2, 0) is 16.8 Å². The second-order valence-electron chi connectivity index (χ2n) is 8.57. The van der Waals surface area contributed by atoms with E-state index in [-0.39, 0.29) is 16.8 Å². The quantitative estimate of drug-likeness (QED) is 0.121. The Morgan fingerprint density at radius 3 is 0.481 bits per heavy atom. The molecule has 6 heterocycles. The molecule has 6 rings (SSSR count). The predicted molar refractivity (Wildman–Crippen MR) is 168 cm³/mol. The summed E-state index contributed by atoms with van der Waals surface area (Å²) in [5, 5.41) is 7.32. The summed E-state index contributed by atoms with van der Waals surface area (Å²) >= 11 is 0. The fraction of sp³-hybridized carbons (Fsp3) is 0.0385. The van der Waals surface area contributed by atoms with Crippen molar-refractivity contribution >= 4 is 15.6 Å². The van der Waals surface area contributed by atoms with Crippen molar-refractivity contribution < 1.29 is 67.1 Å². The van der Waals surface area contributed by atoms with Crippen molar-refractivity contribution in [1.82, 2.24) is 59.8 Å². The number of hydrogen-bond acceptors (Lipinski definition) is 13. The van der Waals surface area contributed by atoms with Crippen LogP contribution in [0, 0.1) is 11.3 Å². The van der Waals surface area contributed by atoms with Gasteiger partial charge in [-0.3, -0.25) is 0 Å². The van der Waals surface area contributed by atoms with Gasteiger partial charge in [0.1, 0.15) is 0 Å². The molecule has 0 atom stereocenters. The number of rotatable bonds is 3. The Bertz CT molecular complexity index is 1620. The Kier molecular flexibility index (Phi) is 17.1. The zero-order valence-electron chi connectivity index (χ0n) is 26.5. The molecule has 28 heteroatoms. The van der Waals surface area contributed by atoms with Gasteiger partial charge in [-0.25, -0.2) is 59.8 Å². The average Bonchev–Trinajstić information content (AvgIpc) is 3.09. The standard InChI is InChI=1S/3C8H6N4.C2H3N.Co.2F6P/c3*1-3-9-7(10-4-1)8-11-5-2-6-12-8;1-2-3;;2*1-7(2,3,4,5)6/h3*1-6H;1H3;;;/q;;;;+2;2*-1. The molecule has 54 heavy (non-hydrogen) atoms. The van der Waals surface area contributed by atoms with Gasteiger partial charge in [0.15, 0.2) is 34.9 Å². The van der Waals surface area contributed by atoms with Crippen molar-refractivity contribution in [3.63, 3.8) is 0 Å². The zero-order valence-corrected chi connectivity index (χ0v) is 29.3. The molecular weight excluding hydrogens is 843 g/mol. The van der Waals surface area contributed by atoms with Gasteiger partial charge in [0.25, 0.3) is 0 Å². The van der Waals surface area contributed by atoms with E-state index in [1.54, 1.807) is 117 Å². The fourth-order valence-electron chi connectivity index (χ4n) is 2.49. The van der Waals surface area contributed by atoms with Gasteiger partial charge in [0, 0.05) is 81.3 Å². The second kappa shape index (κ2) is 19.0. The minimum absolute atomic E-state index is 0. The van der Waals surface area contributed by atoms with E-state index in [2.05, 4.69) is 59.8 Å². The third-order valence-corrected chi connectivity index (χ3v) is 3.99. The Labute approximate surface area is 306 Å². The van der Waals surface area contributed by atoms with Gasteiger partial charge in [-0.1, -0.05) is 0 Å². The number of nitriles is 1. The summed E-state index contributed by atoms with van der Waals surface area (Å²) in [7, 11) is -21.3. The second-order valence-corrected chi connectivity index (χ2v) is 12.4. The van der Waals surface area contributed by atoms with E-state index in [9.17, 15) is 50.4 Å². The van der Waals surface area contributed by atoms with E-state index in [1.807, 2.05) is 0 Å². The summed E-state index contributed by atoms with van der Waals surface area (Å²) in [6.45, 7) is 1.43. The molecule has 1 radical (unpaired) electrons. The largest absolute Gasteiger partial charge is 2.00 e.